The van der Waals surface area contributed by atoms with Gasteiger partial charge in [0, 0.05) is 31.8 Å². The molecule has 2 aromatic heterocycles. The van der Waals surface area contributed by atoms with E-state index in [2.05, 4.69) is 206 Å². The molecule has 0 saturated heterocycles. The smallest absolute Gasteiger partial charge is 0.164 e. The molecule has 0 aliphatic heterocycles. The summed E-state index contributed by atoms with van der Waals surface area (Å²) in [5.41, 5.74) is 8.55. The van der Waals surface area contributed by atoms with Crippen molar-refractivity contribution in [2.75, 3.05) is 0 Å². The van der Waals surface area contributed by atoms with Crippen LogP contribution in [0.1, 0.15) is 0 Å². The van der Waals surface area contributed by atoms with Gasteiger partial charge in [-0.05, 0) is 95.0 Å². The number of thiophene rings is 1. The summed E-state index contributed by atoms with van der Waals surface area (Å²) in [6, 6.07) is 75.8. The maximum Gasteiger partial charge on any atom is 0.164 e. The van der Waals surface area contributed by atoms with Gasteiger partial charge in [-0.2, -0.15) is 0 Å². The lowest BCUT2D eigenvalue weighted by atomic mass is 9.87. The molecule has 61 heavy (non-hydrogen) atoms. The van der Waals surface area contributed by atoms with Crippen molar-refractivity contribution in [2.24, 2.45) is 0 Å². The summed E-state index contributed by atoms with van der Waals surface area (Å²) in [7, 11) is 0. The molecule has 0 amide bonds. The molecule has 10 aromatic carbocycles. The van der Waals surface area contributed by atoms with Crippen molar-refractivity contribution in [3.8, 4) is 66.9 Å². The van der Waals surface area contributed by atoms with Gasteiger partial charge in [-0.3, -0.25) is 0 Å². The molecule has 0 atom stereocenters. The zero-order chi connectivity index (χ0) is 40.3. The third kappa shape index (κ3) is 5.99. The third-order valence-corrected chi connectivity index (χ3v) is 13.1. The Balaban J connectivity index is 1.12. The van der Waals surface area contributed by atoms with Crippen LogP contribution in [0.25, 0.3) is 120 Å². The predicted octanol–water partition coefficient (Wildman–Crippen LogP) is 15.7. The highest BCUT2D eigenvalue weighted by Gasteiger charge is 2.21. The molecule has 0 radical (unpaired) electrons. The summed E-state index contributed by atoms with van der Waals surface area (Å²) in [5, 5.41) is 10.9. The molecule has 0 unspecified atom stereocenters. The Hall–Kier alpha value is -7.79. The number of hydrogen-bond donors (Lipinski definition) is 0. The molecule has 2 heterocycles. The highest BCUT2D eigenvalue weighted by Crippen LogP contribution is 2.45. The third-order valence-electron chi connectivity index (χ3n) is 12.0. The van der Waals surface area contributed by atoms with Crippen LogP contribution < -0.4 is 0 Å². The summed E-state index contributed by atoms with van der Waals surface area (Å²) in [5.74, 6) is 1.90. The zero-order valence-corrected chi connectivity index (χ0v) is 33.8. The average Bonchev–Trinajstić information content (AvgIpc) is 3.78. The maximum atomic E-state index is 5.41. The van der Waals surface area contributed by atoms with Gasteiger partial charge in [-0.15, -0.1) is 11.3 Å². The molecule has 3 nitrogen and oxygen atoms in total. The number of rotatable bonds is 6. The van der Waals surface area contributed by atoms with Crippen molar-refractivity contribution < 1.29 is 0 Å². The van der Waals surface area contributed by atoms with Crippen LogP contribution in [0.4, 0.5) is 0 Å². The first kappa shape index (κ1) is 35.2. The van der Waals surface area contributed by atoms with Crippen LogP contribution in [0.15, 0.2) is 212 Å². The first-order valence-corrected chi connectivity index (χ1v) is 21.4. The van der Waals surface area contributed by atoms with E-state index in [9.17, 15) is 0 Å². The molecule has 0 aliphatic rings. The normalized spacial score (nSPS) is 11.6. The Kier molecular flexibility index (Phi) is 8.36. The van der Waals surface area contributed by atoms with Gasteiger partial charge in [0.25, 0.3) is 0 Å². The molecular formula is C57H35N3S. The summed E-state index contributed by atoms with van der Waals surface area (Å²) >= 11 is 1.79. The summed E-state index contributed by atoms with van der Waals surface area (Å²) in [6.07, 6.45) is 0. The summed E-state index contributed by atoms with van der Waals surface area (Å²) < 4.78 is 1.25. The molecular weight excluding hydrogens is 759 g/mol. The fraction of sp³-hybridized carbons (Fsp3) is 0. The predicted molar refractivity (Wildman–Crippen MR) is 258 cm³/mol. The Morgan fingerprint density at radius 2 is 0.803 bits per heavy atom. The molecule has 0 bridgehead atoms. The fourth-order valence-electron chi connectivity index (χ4n) is 9.11. The first-order valence-electron chi connectivity index (χ1n) is 20.6. The number of aromatic nitrogens is 3. The number of fused-ring (bicyclic) bond motifs is 6. The van der Waals surface area contributed by atoms with E-state index in [0.29, 0.717) is 17.5 Å². The van der Waals surface area contributed by atoms with E-state index in [1.54, 1.807) is 11.3 Å². The van der Waals surface area contributed by atoms with Gasteiger partial charge in [-0.25, -0.2) is 15.0 Å². The average molecular weight is 794 g/mol. The lowest BCUT2D eigenvalue weighted by Gasteiger charge is -2.18. The molecule has 0 spiro atoms. The van der Waals surface area contributed by atoms with E-state index in [1.807, 2.05) is 6.07 Å². The number of hydrogen-bond acceptors (Lipinski definition) is 4. The highest BCUT2D eigenvalue weighted by molar-refractivity contribution is 7.22. The van der Waals surface area contributed by atoms with Crippen LogP contribution >= 0.6 is 11.3 Å². The Labute approximate surface area is 356 Å². The molecule has 0 N–H and O–H groups in total. The van der Waals surface area contributed by atoms with Gasteiger partial charge in [0.1, 0.15) is 0 Å². The molecule has 12 rings (SSSR count). The Morgan fingerprint density at radius 1 is 0.279 bits per heavy atom. The van der Waals surface area contributed by atoms with Crippen molar-refractivity contribution in [3.05, 3.63) is 212 Å². The van der Waals surface area contributed by atoms with Crippen molar-refractivity contribution >= 4 is 64.5 Å². The van der Waals surface area contributed by atoms with E-state index in [-0.39, 0.29) is 0 Å². The van der Waals surface area contributed by atoms with Crippen molar-refractivity contribution in [2.45, 2.75) is 0 Å². The van der Waals surface area contributed by atoms with Gasteiger partial charge < -0.3 is 0 Å². The van der Waals surface area contributed by atoms with Crippen LogP contribution in [0.2, 0.25) is 0 Å². The van der Waals surface area contributed by atoms with Gasteiger partial charge in [0.15, 0.2) is 17.5 Å². The topological polar surface area (TPSA) is 38.7 Å². The highest BCUT2D eigenvalue weighted by atomic mass is 32.1. The van der Waals surface area contributed by atoms with E-state index in [1.165, 1.54) is 58.4 Å². The van der Waals surface area contributed by atoms with Gasteiger partial charge in [0.2, 0.25) is 0 Å². The van der Waals surface area contributed by atoms with Crippen LogP contribution in [0, 0.1) is 0 Å². The minimum atomic E-state index is 0.630. The van der Waals surface area contributed by atoms with E-state index in [4.69, 9.17) is 15.0 Å². The minimum Gasteiger partial charge on any atom is -0.208 e. The molecule has 0 fully saturated rings. The Morgan fingerprint density at radius 3 is 1.54 bits per heavy atom. The molecule has 284 valence electrons. The summed E-state index contributed by atoms with van der Waals surface area (Å²) in [6.45, 7) is 0. The van der Waals surface area contributed by atoms with Crippen molar-refractivity contribution in [1.82, 2.24) is 15.0 Å². The summed E-state index contributed by atoms with van der Waals surface area (Å²) in [4.78, 5) is 17.3. The van der Waals surface area contributed by atoms with E-state index in [0.717, 1.165) is 44.2 Å². The SMILES string of the molecule is c1ccc(-c2ccccc2-c2nc(-c3ccccc3-c3cc4ccccc4s3)nc(-c3ccc(-c4c5ccccc5cc5c4ccc4ccccc45)c4ccccc34)n2)cc1. The quantitative estimate of drug-likeness (QED) is 0.124. The van der Waals surface area contributed by atoms with Gasteiger partial charge >= 0.3 is 0 Å². The second kappa shape index (κ2) is 14.5. The monoisotopic (exact) mass is 793 g/mol. The van der Waals surface area contributed by atoms with Gasteiger partial charge in [-0.1, -0.05) is 188 Å². The van der Waals surface area contributed by atoms with Crippen molar-refractivity contribution in [1.29, 1.82) is 0 Å². The zero-order valence-electron chi connectivity index (χ0n) is 33.0. The second-order valence-electron chi connectivity index (χ2n) is 15.5. The lowest BCUT2D eigenvalue weighted by molar-refractivity contribution is 1.08. The molecule has 0 aliphatic carbocycles. The van der Waals surface area contributed by atoms with E-state index < -0.39 is 0 Å². The number of benzene rings is 10. The second-order valence-corrected chi connectivity index (χ2v) is 16.6. The molecule has 12 aromatic rings. The number of nitrogens with zero attached hydrogens (tertiary/aromatic N) is 3. The molecule has 4 heteroatoms. The van der Waals surface area contributed by atoms with Crippen LogP contribution in [0.5, 0.6) is 0 Å². The van der Waals surface area contributed by atoms with Crippen molar-refractivity contribution in [3.63, 3.8) is 0 Å². The minimum absolute atomic E-state index is 0.630. The van der Waals surface area contributed by atoms with Gasteiger partial charge in [0.05, 0.1) is 0 Å². The van der Waals surface area contributed by atoms with Crippen LogP contribution in [-0.4, -0.2) is 15.0 Å². The molecule has 0 saturated carbocycles. The van der Waals surface area contributed by atoms with Crippen LogP contribution in [0.3, 0.4) is 0 Å². The van der Waals surface area contributed by atoms with Crippen LogP contribution in [-0.2, 0) is 0 Å². The largest absolute Gasteiger partial charge is 0.208 e. The standard InChI is InChI=1S/C57H35N3S/c1-2-16-36(17-3-1)40-21-9-13-27-48(40)55-58-56(49-28-14-12-26-45(49)53-35-39-20-6-15-29-52(39)61-53)60-57(59-55)50-33-32-46(43-24-10-11-25-44(43)50)54-42-23-8-5-19-38(42)34-51-41-22-7-4-18-37(41)30-31-47(51)54/h1-35H. The first-order chi connectivity index (χ1) is 30.2. The lowest BCUT2D eigenvalue weighted by Crippen LogP contribution is -2.02. The Bertz CT molecular complexity index is 3630. The van der Waals surface area contributed by atoms with E-state index >= 15 is 0 Å². The fourth-order valence-corrected chi connectivity index (χ4v) is 10.2. The maximum absolute atomic E-state index is 5.41.